The largest absolute Gasteiger partial charge is 0.386 e. The van der Waals surface area contributed by atoms with E-state index in [0.29, 0.717) is 18.9 Å². The van der Waals surface area contributed by atoms with Crippen molar-refractivity contribution in [3.05, 3.63) is 59.2 Å². The summed E-state index contributed by atoms with van der Waals surface area (Å²) in [6.45, 7) is 0. The van der Waals surface area contributed by atoms with Crippen LogP contribution in [0.3, 0.4) is 0 Å². The molecule has 0 radical (unpaired) electrons. The van der Waals surface area contributed by atoms with E-state index in [0.717, 1.165) is 18.7 Å². The number of carbonyl (C=O) groups is 1. The Labute approximate surface area is 166 Å². The third-order valence-electron chi connectivity index (χ3n) is 5.30. The summed E-state index contributed by atoms with van der Waals surface area (Å²) in [5, 5.41) is 2.40. The number of rotatable bonds is 3. The molecule has 4 rings (SSSR count). The fourth-order valence-electron chi connectivity index (χ4n) is 3.53. The number of nitrogens with two attached hydrogens (primary N) is 1. The average Bonchev–Trinajstić information content (AvgIpc) is 2.61. The predicted molar refractivity (Wildman–Crippen MR) is 102 cm³/mol. The molecular formula is C19H17F3N4O2S. The molecule has 1 unspecified atom stereocenters. The lowest BCUT2D eigenvalue weighted by atomic mass is 9.83. The van der Waals surface area contributed by atoms with Gasteiger partial charge in [-0.2, -0.15) is 0 Å². The number of nitrogens with one attached hydrogen (secondary N) is 1. The predicted octanol–water partition coefficient (Wildman–Crippen LogP) is 2.83. The van der Waals surface area contributed by atoms with Gasteiger partial charge >= 0.3 is 0 Å². The van der Waals surface area contributed by atoms with Crippen molar-refractivity contribution in [1.29, 1.82) is 0 Å². The summed E-state index contributed by atoms with van der Waals surface area (Å²) >= 11 is 0. The first-order valence-corrected chi connectivity index (χ1v) is 10.3. The van der Waals surface area contributed by atoms with Crippen LogP contribution in [0, 0.1) is 17.5 Å². The van der Waals surface area contributed by atoms with E-state index in [4.69, 9.17) is 5.73 Å². The van der Waals surface area contributed by atoms with E-state index in [9.17, 15) is 22.2 Å². The number of benzene rings is 1. The Balaban J connectivity index is 1.60. The van der Waals surface area contributed by atoms with Gasteiger partial charge < -0.3 is 11.1 Å². The van der Waals surface area contributed by atoms with Crippen LogP contribution in [-0.4, -0.2) is 31.4 Å². The number of hydrogen-bond donors (Lipinski definition) is 2. The average molecular weight is 422 g/mol. The Morgan fingerprint density at radius 2 is 1.97 bits per heavy atom. The molecule has 2 aromatic rings. The highest BCUT2D eigenvalue weighted by Gasteiger charge is 2.49. The highest BCUT2D eigenvalue weighted by atomic mass is 32.2. The smallest absolute Gasteiger partial charge is 0.277 e. The molecule has 10 heteroatoms. The van der Waals surface area contributed by atoms with Crippen LogP contribution in [0.5, 0.6) is 0 Å². The lowest BCUT2D eigenvalue weighted by molar-refractivity contribution is 0.101. The van der Waals surface area contributed by atoms with Crippen molar-refractivity contribution in [2.45, 2.75) is 30.1 Å². The van der Waals surface area contributed by atoms with Crippen LogP contribution < -0.4 is 11.1 Å². The summed E-state index contributed by atoms with van der Waals surface area (Å²) in [7, 11) is -1.28. The number of anilines is 1. The summed E-state index contributed by atoms with van der Waals surface area (Å²) in [5.74, 6) is -3.13. The van der Waals surface area contributed by atoms with E-state index in [-0.39, 0.29) is 22.8 Å². The highest BCUT2D eigenvalue weighted by molar-refractivity contribution is 7.87. The first-order valence-electron chi connectivity index (χ1n) is 8.94. The number of pyridine rings is 1. The van der Waals surface area contributed by atoms with Crippen molar-refractivity contribution in [2.24, 2.45) is 10.7 Å². The maximum absolute atomic E-state index is 14.4. The molecule has 2 atom stereocenters. The van der Waals surface area contributed by atoms with Crippen LogP contribution >= 0.6 is 0 Å². The molecule has 1 spiro atoms. The molecule has 1 aromatic carbocycles. The molecule has 0 bridgehead atoms. The van der Waals surface area contributed by atoms with Crippen LogP contribution in [0.4, 0.5) is 18.9 Å². The minimum absolute atomic E-state index is 0.126. The molecule has 2 heterocycles. The zero-order valence-corrected chi connectivity index (χ0v) is 15.9. The zero-order chi connectivity index (χ0) is 20.8. The number of halogens is 3. The van der Waals surface area contributed by atoms with Crippen molar-refractivity contribution in [1.82, 2.24) is 4.98 Å². The molecule has 1 saturated carbocycles. The van der Waals surface area contributed by atoms with Gasteiger partial charge in [0.25, 0.3) is 5.91 Å². The van der Waals surface area contributed by atoms with Gasteiger partial charge in [0, 0.05) is 28.1 Å². The minimum Gasteiger partial charge on any atom is -0.386 e. The number of nitrogens with zero attached hydrogens (tertiary/aromatic N) is 2. The highest BCUT2D eigenvalue weighted by Crippen LogP contribution is 2.43. The van der Waals surface area contributed by atoms with E-state index < -0.39 is 50.6 Å². The molecule has 1 aromatic heterocycles. The van der Waals surface area contributed by atoms with Crippen LogP contribution in [0.1, 0.15) is 41.4 Å². The molecule has 1 amide bonds. The number of aliphatic imine (C=N–C) groups is 1. The summed E-state index contributed by atoms with van der Waals surface area (Å²) < 4.78 is 53.2. The molecule has 3 N–H and O–H groups in total. The van der Waals surface area contributed by atoms with Crippen molar-refractivity contribution in [3.63, 3.8) is 0 Å². The molecule has 1 aliphatic carbocycles. The Hall–Kier alpha value is -2.75. The molecular weight excluding hydrogens is 405 g/mol. The molecule has 1 aliphatic heterocycles. The SMILES string of the molecule is NC1=N[C@H](c2cc(NC(=O)c3ncc(F)cc3F)ccc2F)CS(=O)C12CCC2. The monoisotopic (exact) mass is 422 g/mol. The molecule has 29 heavy (non-hydrogen) atoms. The molecule has 6 nitrogen and oxygen atoms in total. The first kappa shape index (κ1) is 19.6. The van der Waals surface area contributed by atoms with Gasteiger partial charge in [0.05, 0.1) is 18.0 Å². The second-order valence-electron chi connectivity index (χ2n) is 7.06. The van der Waals surface area contributed by atoms with E-state index in [1.54, 1.807) is 0 Å². The van der Waals surface area contributed by atoms with Gasteiger partial charge in [0.2, 0.25) is 0 Å². The van der Waals surface area contributed by atoms with Gasteiger partial charge in [-0.25, -0.2) is 18.2 Å². The van der Waals surface area contributed by atoms with Gasteiger partial charge in [-0.3, -0.25) is 14.0 Å². The summed E-state index contributed by atoms with van der Waals surface area (Å²) in [4.78, 5) is 20.0. The molecule has 0 saturated heterocycles. The number of hydrogen-bond acceptors (Lipinski definition) is 5. The number of amidine groups is 1. The van der Waals surface area contributed by atoms with E-state index in [1.807, 2.05) is 0 Å². The van der Waals surface area contributed by atoms with Crippen LogP contribution in [0.15, 0.2) is 35.5 Å². The zero-order valence-electron chi connectivity index (χ0n) is 15.1. The Bertz CT molecular complexity index is 1060. The van der Waals surface area contributed by atoms with Gasteiger partial charge in [-0.1, -0.05) is 0 Å². The van der Waals surface area contributed by atoms with Crippen LogP contribution in [0.2, 0.25) is 0 Å². The maximum atomic E-state index is 14.4. The minimum atomic E-state index is -1.28. The molecule has 1 fully saturated rings. The van der Waals surface area contributed by atoms with Crippen molar-refractivity contribution < 1.29 is 22.2 Å². The summed E-state index contributed by atoms with van der Waals surface area (Å²) in [6.07, 6.45) is 3.06. The third kappa shape index (κ3) is 3.41. The standard InChI is InChI=1S/C19H17F3N4O2S/c20-10-6-14(22)16(24-8-10)17(27)25-11-2-3-13(21)12(7-11)15-9-29(28)19(4-1-5-19)18(23)26-15/h2-3,6-8,15H,1,4-5,9H2,(H2,23,26)(H,25,27)/t15-,29?/m0/s1. The fourth-order valence-corrected chi connectivity index (χ4v) is 5.42. The number of carbonyl (C=O) groups excluding carboxylic acids is 1. The van der Waals surface area contributed by atoms with Gasteiger partial charge in [0.1, 0.15) is 22.2 Å². The second-order valence-corrected chi connectivity index (χ2v) is 8.87. The normalized spacial score (nSPS) is 22.7. The lowest BCUT2D eigenvalue weighted by Crippen LogP contribution is -2.56. The molecule has 152 valence electrons. The quantitative estimate of drug-likeness (QED) is 0.795. The van der Waals surface area contributed by atoms with Crippen LogP contribution in [-0.2, 0) is 10.8 Å². The third-order valence-corrected chi connectivity index (χ3v) is 7.41. The van der Waals surface area contributed by atoms with Crippen molar-refractivity contribution in [2.75, 3.05) is 11.1 Å². The first-order chi connectivity index (χ1) is 13.8. The summed E-state index contributed by atoms with van der Waals surface area (Å²) in [5.41, 5.74) is 5.75. The summed E-state index contributed by atoms with van der Waals surface area (Å²) in [6, 6.07) is 3.55. The number of aromatic nitrogens is 1. The number of amides is 1. The Kier molecular flexibility index (Phi) is 4.89. The second kappa shape index (κ2) is 7.25. The van der Waals surface area contributed by atoms with Gasteiger partial charge in [0.15, 0.2) is 11.5 Å². The lowest BCUT2D eigenvalue weighted by Gasteiger charge is -2.43. The van der Waals surface area contributed by atoms with Crippen molar-refractivity contribution >= 4 is 28.2 Å². The Morgan fingerprint density at radius 3 is 2.59 bits per heavy atom. The van der Waals surface area contributed by atoms with Crippen molar-refractivity contribution in [3.8, 4) is 0 Å². The van der Waals surface area contributed by atoms with Gasteiger partial charge in [-0.05, 0) is 37.5 Å². The molecule has 2 aliphatic rings. The van der Waals surface area contributed by atoms with E-state index >= 15 is 0 Å². The fraction of sp³-hybridized carbons (Fsp3) is 0.316. The Morgan fingerprint density at radius 1 is 1.21 bits per heavy atom. The van der Waals surface area contributed by atoms with E-state index in [1.165, 1.54) is 12.1 Å². The topological polar surface area (TPSA) is 97.4 Å². The van der Waals surface area contributed by atoms with Crippen LogP contribution in [0.25, 0.3) is 0 Å². The van der Waals surface area contributed by atoms with E-state index in [2.05, 4.69) is 15.3 Å². The maximum Gasteiger partial charge on any atom is 0.277 e. The van der Waals surface area contributed by atoms with Gasteiger partial charge in [-0.15, -0.1) is 0 Å².